The van der Waals surface area contributed by atoms with E-state index in [1.54, 1.807) is 34.2 Å². The first-order chi connectivity index (χ1) is 10.6. The number of nitrogens with zero attached hydrogens (tertiary/aromatic N) is 2. The highest BCUT2D eigenvalue weighted by molar-refractivity contribution is 6.33. The Labute approximate surface area is 133 Å². The van der Waals surface area contributed by atoms with E-state index in [0.717, 1.165) is 0 Å². The number of hydrogen-bond acceptors (Lipinski definition) is 2. The fraction of sp³-hybridized carbons (Fsp3) is 0.250. The highest BCUT2D eigenvalue weighted by Gasteiger charge is 2.34. The van der Waals surface area contributed by atoms with E-state index < -0.39 is 0 Å². The predicted molar refractivity (Wildman–Crippen MR) is 85.1 cm³/mol. The molecule has 1 aliphatic heterocycles. The maximum Gasteiger partial charge on any atom is 0.271 e. The maximum atomic E-state index is 12.4. The van der Waals surface area contributed by atoms with Gasteiger partial charge in [0.2, 0.25) is 5.91 Å². The number of amides is 2. The predicted octanol–water partition coefficient (Wildman–Crippen LogP) is 2.55. The number of para-hydroxylation sites is 1. The number of anilines is 1. The molecule has 1 fully saturated rings. The molecule has 2 amide bonds. The summed E-state index contributed by atoms with van der Waals surface area (Å²) in [6, 6.07) is 10.6. The Hall–Kier alpha value is -2.27. The minimum atomic E-state index is -0.162. The highest BCUT2D eigenvalue weighted by Crippen LogP contribution is 2.28. The summed E-state index contributed by atoms with van der Waals surface area (Å²) in [5, 5.41) is 0.534. The Morgan fingerprint density at radius 2 is 2.05 bits per heavy atom. The molecule has 1 saturated heterocycles. The number of piperazine rings is 1. The number of carbonyl (C=O) groups excluding carboxylic acids is 2. The maximum absolute atomic E-state index is 12.4. The molecule has 6 heteroatoms. The smallest absolute Gasteiger partial charge is 0.271 e. The van der Waals surface area contributed by atoms with Gasteiger partial charge in [0.1, 0.15) is 12.2 Å². The molecule has 0 unspecified atom stereocenters. The summed E-state index contributed by atoms with van der Waals surface area (Å²) in [5.74, 6) is -0.296. The van der Waals surface area contributed by atoms with Crippen LogP contribution in [-0.2, 0) is 4.79 Å². The van der Waals surface area contributed by atoms with Crippen molar-refractivity contribution in [1.29, 1.82) is 0 Å². The average Bonchev–Trinajstić information content (AvgIpc) is 3.03. The zero-order valence-corrected chi connectivity index (χ0v) is 12.9. The first-order valence-corrected chi connectivity index (χ1v) is 7.45. The van der Waals surface area contributed by atoms with Crippen LogP contribution in [0.15, 0.2) is 42.6 Å². The number of rotatable bonds is 2. The van der Waals surface area contributed by atoms with Crippen molar-refractivity contribution in [3.63, 3.8) is 0 Å². The van der Waals surface area contributed by atoms with Gasteiger partial charge in [0.15, 0.2) is 0 Å². The Morgan fingerprint density at radius 3 is 2.73 bits per heavy atom. The van der Waals surface area contributed by atoms with Crippen molar-refractivity contribution >= 4 is 29.1 Å². The summed E-state index contributed by atoms with van der Waals surface area (Å²) < 4.78 is 0. The minimum Gasteiger partial charge on any atom is -0.357 e. The van der Waals surface area contributed by atoms with Gasteiger partial charge < -0.3 is 14.8 Å². The van der Waals surface area contributed by atoms with E-state index in [0.29, 0.717) is 22.9 Å². The third kappa shape index (κ3) is 2.60. The van der Waals surface area contributed by atoms with Gasteiger partial charge in [-0.3, -0.25) is 9.59 Å². The van der Waals surface area contributed by atoms with E-state index in [-0.39, 0.29) is 24.4 Å². The summed E-state index contributed by atoms with van der Waals surface area (Å²) in [7, 11) is 0. The van der Waals surface area contributed by atoms with Gasteiger partial charge in [0, 0.05) is 18.8 Å². The van der Waals surface area contributed by atoms with Crippen LogP contribution in [0.3, 0.4) is 0 Å². The van der Waals surface area contributed by atoms with Crippen molar-refractivity contribution in [2.24, 2.45) is 0 Å². The minimum absolute atomic E-state index is 0.0459. The number of aromatic nitrogens is 1. The van der Waals surface area contributed by atoms with Crippen LogP contribution in [0.4, 0.5) is 5.69 Å². The van der Waals surface area contributed by atoms with Crippen LogP contribution in [0.25, 0.3) is 0 Å². The molecule has 5 nitrogen and oxygen atoms in total. The fourth-order valence-corrected chi connectivity index (χ4v) is 2.88. The largest absolute Gasteiger partial charge is 0.357 e. The zero-order valence-electron chi connectivity index (χ0n) is 12.1. The van der Waals surface area contributed by atoms with Crippen LogP contribution < -0.4 is 4.90 Å². The second-order valence-corrected chi connectivity index (χ2v) is 5.73. The average molecular weight is 318 g/mol. The molecule has 0 bridgehead atoms. The van der Waals surface area contributed by atoms with Crippen LogP contribution in [0.1, 0.15) is 17.4 Å². The Bertz CT molecular complexity index is 699. The van der Waals surface area contributed by atoms with Crippen molar-refractivity contribution in [2.45, 2.75) is 13.0 Å². The van der Waals surface area contributed by atoms with Gasteiger partial charge in [-0.25, -0.2) is 0 Å². The molecule has 3 rings (SSSR count). The molecular weight excluding hydrogens is 302 g/mol. The number of halogens is 1. The molecule has 1 aliphatic rings. The molecule has 0 radical (unpaired) electrons. The number of H-pyrrole nitrogens is 1. The SMILES string of the molecule is C[C@@H]1CN(c2ccccc2Cl)C(=O)CN1C(=O)c1ccc[nH]1. The van der Waals surface area contributed by atoms with Gasteiger partial charge in [-0.05, 0) is 31.2 Å². The molecule has 22 heavy (non-hydrogen) atoms. The summed E-state index contributed by atoms with van der Waals surface area (Å²) in [6.45, 7) is 2.40. The molecule has 2 heterocycles. The molecule has 1 N–H and O–H groups in total. The third-order valence-corrected chi connectivity index (χ3v) is 4.14. The number of nitrogens with one attached hydrogen (secondary N) is 1. The molecule has 1 aromatic heterocycles. The topological polar surface area (TPSA) is 56.4 Å². The fourth-order valence-electron chi connectivity index (χ4n) is 2.64. The molecule has 0 spiro atoms. The lowest BCUT2D eigenvalue weighted by Crippen LogP contribution is -2.57. The van der Waals surface area contributed by atoms with Crippen LogP contribution in [0.2, 0.25) is 5.02 Å². The number of benzene rings is 1. The normalized spacial score (nSPS) is 18.6. The summed E-state index contributed by atoms with van der Waals surface area (Å²) in [4.78, 5) is 31.0. The van der Waals surface area contributed by atoms with E-state index in [9.17, 15) is 9.59 Å². The van der Waals surface area contributed by atoms with E-state index in [1.807, 2.05) is 25.1 Å². The zero-order chi connectivity index (χ0) is 15.7. The number of aromatic amines is 1. The molecular formula is C16H16ClN3O2. The molecule has 2 aromatic rings. The van der Waals surface area contributed by atoms with Crippen molar-refractivity contribution in [3.8, 4) is 0 Å². The van der Waals surface area contributed by atoms with Gasteiger partial charge in [-0.2, -0.15) is 0 Å². The van der Waals surface area contributed by atoms with Gasteiger partial charge in [0.25, 0.3) is 5.91 Å². The lowest BCUT2D eigenvalue weighted by atomic mass is 10.1. The van der Waals surface area contributed by atoms with Crippen molar-refractivity contribution in [2.75, 3.05) is 18.0 Å². The second-order valence-electron chi connectivity index (χ2n) is 5.32. The van der Waals surface area contributed by atoms with Gasteiger partial charge in [0.05, 0.1) is 10.7 Å². The molecule has 1 atom stereocenters. The van der Waals surface area contributed by atoms with Gasteiger partial charge in [-0.1, -0.05) is 23.7 Å². The quantitative estimate of drug-likeness (QED) is 0.925. The summed E-state index contributed by atoms with van der Waals surface area (Å²) >= 11 is 6.17. The Kier molecular flexibility index (Phi) is 3.90. The standard InChI is InChI=1S/C16H16ClN3O2/c1-11-9-20(14-7-3-2-5-12(14)17)15(21)10-19(11)16(22)13-6-4-8-18-13/h2-8,11,18H,9-10H2,1H3/t11-/m1/s1. The van der Waals surface area contributed by atoms with Crippen molar-refractivity contribution in [1.82, 2.24) is 9.88 Å². The number of carbonyl (C=O) groups is 2. The van der Waals surface area contributed by atoms with Crippen molar-refractivity contribution < 1.29 is 9.59 Å². The highest BCUT2D eigenvalue weighted by atomic mass is 35.5. The van der Waals surface area contributed by atoms with E-state index in [1.165, 1.54) is 0 Å². The molecule has 0 aliphatic carbocycles. The van der Waals surface area contributed by atoms with Crippen LogP contribution in [0, 0.1) is 0 Å². The van der Waals surface area contributed by atoms with Crippen LogP contribution in [0.5, 0.6) is 0 Å². The summed E-state index contributed by atoms with van der Waals surface area (Å²) in [6.07, 6.45) is 1.69. The van der Waals surface area contributed by atoms with Gasteiger partial charge >= 0.3 is 0 Å². The van der Waals surface area contributed by atoms with E-state index in [2.05, 4.69) is 4.98 Å². The Balaban J connectivity index is 1.82. The third-order valence-electron chi connectivity index (χ3n) is 3.82. The van der Waals surface area contributed by atoms with E-state index in [4.69, 9.17) is 11.6 Å². The van der Waals surface area contributed by atoms with E-state index >= 15 is 0 Å². The summed E-state index contributed by atoms with van der Waals surface area (Å²) in [5.41, 5.74) is 1.18. The van der Waals surface area contributed by atoms with Crippen LogP contribution in [-0.4, -0.2) is 40.8 Å². The first kappa shape index (κ1) is 14.7. The molecule has 0 saturated carbocycles. The molecule has 114 valence electrons. The Morgan fingerprint density at radius 1 is 1.27 bits per heavy atom. The van der Waals surface area contributed by atoms with Gasteiger partial charge in [-0.15, -0.1) is 0 Å². The monoisotopic (exact) mass is 317 g/mol. The number of hydrogen-bond donors (Lipinski definition) is 1. The molecule has 1 aromatic carbocycles. The second kappa shape index (κ2) is 5.85. The van der Waals surface area contributed by atoms with Crippen LogP contribution >= 0.6 is 11.6 Å². The lowest BCUT2D eigenvalue weighted by molar-refractivity contribution is -0.121. The van der Waals surface area contributed by atoms with Crippen molar-refractivity contribution in [3.05, 3.63) is 53.3 Å². The lowest BCUT2D eigenvalue weighted by Gasteiger charge is -2.39. The first-order valence-electron chi connectivity index (χ1n) is 7.07.